The van der Waals surface area contributed by atoms with Crippen molar-refractivity contribution in [1.82, 2.24) is 4.90 Å². The van der Waals surface area contributed by atoms with E-state index >= 15 is 0 Å². The number of carbonyl (C=O) groups excluding carboxylic acids is 2. The van der Waals surface area contributed by atoms with Crippen molar-refractivity contribution in [2.75, 3.05) is 19.7 Å². The number of likely N-dealkylation sites (tertiary alicyclic amines) is 1. The Labute approximate surface area is 150 Å². The van der Waals surface area contributed by atoms with Gasteiger partial charge in [0.05, 0.1) is 5.60 Å². The number of ether oxygens (including phenoxy) is 2. The zero-order chi connectivity index (χ0) is 18.4. The molecule has 0 bridgehead atoms. The molecule has 1 heterocycles. The Kier molecular flexibility index (Phi) is 6.59. The Morgan fingerprint density at radius 3 is 2.44 bits per heavy atom. The van der Waals surface area contributed by atoms with Gasteiger partial charge in [-0.25, -0.2) is 4.79 Å². The quantitative estimate of drug-likeness (QED) is 0.788. The smallest absolute Gasteiger partial charge is 0.410 e. The van der Waals surface area contributed by atoms with Crippen molar-refractivity contribution in [2.45, 2.75) is 46.3 Å². The molecule has 1 fully saturated rings. The highest BCUT2D eigenvalue weighted by Gasteiger charge is 2.39. The number of amides is 1. The van der Waals surface area contributed by atoms with Crippen molar-refractivity contribution < 1.29 is 19.1 Å². The number of Topliss-reactive ketones (excluding diaryl/α,β-unsaturated/α-hetero) is 1. The maximum absolute atomic E-state index is 12.5. The highest BCUT2D eigenvalue weighted by atomic mass is 16.6. The third kappa shape index (κ3) is 5.85. The van der Waals surface area contributed by atoms with E-state index in [0.29, 0.717) is 13.1 Å². The van der Waals surface area contributed by atoms with E-state index in [1.807, 2.05) is 58.0 Å². The summed E-state index contributed by atoms with van der Waals surface area (Å²) in [5, 5.41) is 0. The lowest BCUT2D eigenvalue weighted by atomic mass is 9.90. The zero-order valence-electron chi connectivity index (χ0n) is 15.7. The number of hydrogen-bond donors (Lipinski definition) is 0. The van der Waals surface area contributed by atoms with Crippen molar-refractivity contribution in [3.05, 3.63) is 35.9 Å². The van der Waals surface area contributed by atoms with Crippen LogP contribution in [0.5, 0.6) is 0 Å². The van der Waals surface area contributed by atoms with Crippen molar-refractivity contribution in [2.24, 2.45) is 11.8 Å². The minimum atomic E-state index is -0.352. The van der Waals surface area contributed by atoms with Gasteiger partial charge in [0.25, 0.3) is 0 Å². The number of benzene rings is 1. The van der Waals surface area contributed by atoms with E-state index in [4.69, 9.17) is 9.47 Å². The Morgan fingerprint density at radius 2 is 1.84 bits per heavy atom. The molecular formula is C20H29NO4. The molecule has 5 heteroatoms. The first-order chi connectivity index (χ1) is 11.8. The zero-order valence-corrected chi connectivity index (χ0v) is 15.7. The maximum Gasteiger partial charge on any atom is 0.410 e. The van der Waals surface area contributed by atoms with Gasteiger partial charge in [-0.15, -0.1) is 0 Å². The van der Waals surface area contributed by atoms with Gasteiger partial charge in [-0.1, -0.05) is 43.7 Å². The summed E-state index contributed by atoms with van der Waals surface area (Å²) in [6.07, 6.45) is 0.503. The molecule has 1 aliphatic rings. The molecule has 2 rings (SSSR count). The van der Waals surface area contributed by atoms with E-state index in [1.165, 1.54) is 0 Å². The average molecular weight is 347 g/mol. The van der Waals surface area contributed by atoms with Gasteiger partial charge in [0, 0.05) is 19.0 Å². The van der Waals surface area contributed by atoms with E-state index in [2.05, 4.69) is 0 Å². The summed E-state index contributed by atoms with van der Waals surface area (Å²) in [7, 11) is 0. The fraction of sp³-hybridized carbons (Fsp3) is 0.600. The minimum Gasteiger partial charge on any atom is -0.445 e. The van der Waals surface area contributed by atoms with Gasteiger partial charge < -0.3 is 14.4 Å². The SMILES string of the molecule is CC[C@@H]1CN(C(=O)OCc2ccccc2)C[C@@H]1C(=O)COC(C)(C)C. The molecule has 0 aliphatic carbocycles. The topological polar surface area (TPSA) is 55.8 Å². The molecule has 0 N–H and O–H groups in total. The van der Waals surface area contributed by atoms with E-state index in [9.17, 15) is 9.59 Å². The lowest BCUT2D eigenvalue weighted by Gasteiger charge is -2.21. The van der Waals surface area contributed by atoms with E-state index in [1.54, 1.807) is 4.90 Å². The lowest BCUT2D eigenvalue weighted by molar-refractivity contribution is -0.133. The number of carbonyl (C=O) groups is 2. The molecular weight excluding hydrogens is 318 g/mol. The van der Waals surface area contributed by atoms with Gasteiger partial charge >= 0.3 is 6.09 Å². The summed E-state index contributed by atoms with van der Waals surface area (Å²) in [4.78, 5) is 26.5. The molecule has 0 radical (unpaired) electrons. The van der Waals surface area contributed by atoms with E-state index in [-0.39, 0.29) is 42.5 Å². The number of ketones is 1. The minimum absolute atomic E-state index is 0.0696. The fourth-order valence-electron chi connectivity index (χ4n) is 3.00. The molecule has 1 amide bonds. The summed E-state index contributed by atoms with van der Waals surface area (Å²) in [5.74, 6) is 0.0668. The third-order valence-electron chi connectivity index (χ3n) is 4.49. The van der Waals surface area contributed by atoms with Crippen LogP contribution in [-0.2, 0) is 20.9 Å². The van der Waals surface area contributed by atoms with Crippen LogP contribution in [0.1, 0.15) is 39.7 Å². The summed E-state index contributed by atoms with van der Waals surface area (Å²) in [6, 6.07) is 9.59. The predicted molar refractivity (Wildman–Crippen MR) is 96.2 cm³/mol. The standard InChI is InChI=1S/C20H29NO4/c1-5-16-11-21(12-17(16)18(22)14-25-20(2,3)4)19(23)24-13-15-9-7-6-8-10-15/h6-10,16-17H,5,11-14H2,1-4H3/t16-,17+/m1/s1. The third-order valence-corrected chi connectivity index (χ3v) is 4.49. The van der Waals surface area contributed by atoms with Gasteiger partial charge in [0.2, 0.25) is 0 Å². The van der Waals surface area contributed by atoms with Gasteiger partial charge in [-0.05, 0) is 32.3 Å². The Morgan fingerprint density at radius 1 is 1.16 bits per heavy atom. The molecule has 1 aromatic carbocycles. The second-order valence-electron chi connectivity index (χ2n) is 7.59. The van der Waals surface area contributed by atoms with Crippen molar-refractivity contribution in [1.29, 1.82) is 0 Å². The predicted octanol–water partition coefficient (Wildman–Crippen LogP) is 3.67. The lowest BCUT2D eigenvalue weighted by Crippen LogP contribution is -2.32. The van der Waals surface area contributed by atoms with Crippen molar-refractivity contribution >= 4 is 11.9 Å². The Hall–Kier alpha value is -1.88. The van der Waals surface area contributed by atoms with Crippen LogP contribution in [0.2, 0.25) is 0 Å². The second kappa shape index (κ2) is 8.48. The molecule has 0 saturated carbocycles. The van der Waals surface area contributed by atoms with Crippen molar-refractivity contribution in [3.63, 3.8) is 0 Å². The normalized spacial score (nSPS) is 20.6. The first kappa shape index (κ1) is 19.4. The first-order valence-corrected chi connectivity index (χ1v) is 8.92. The van der Waals surface area contributed by atoms with Gasteiger partial charge in [0.1, 0.15) is 13.2 Å². The number of hydrogen-bond acceptors (Lipinski definition) is 4. The molecule has 0 unspecified atom stereocenters. The number of rotatable bonds is 6. The highest BCUT2D eigenvalue weighted by Crippen LogP contribution is 2.28. The molecule has 1 aliphatic heterocycles. The summed E-state index contributed by atoms with van der Waals surface area (Å²) < 4.78 is 11.0. The number of nitrogens with zero attached hydrogens (tertiary/aromatic N) is 1. The van der Waals surface area contributed by atoms with Crippen LogP contribution in [0, 0.1) is 11.8 Å². The van der Waals surface area contributed by atoms with Gasteiger partial charge in [-0.2, -0.15) is 0 Å². The van der Waals surface area contributed by atoms with E-state index in [0.717, 1.165) is 12.0 Å². The van der Waals surface area contributed by atoms with Crippen LogP contribution in [-0.4, -0.2) is 42.1 Å². The molecule has 0 aromatic heterocycles. The summed E-state index contributed by atoms with van der Waals surface area (Å²) in [5.41, 5.74) is 0.609. The van der Waals surface area contributed by atoms with Gasteiger partial charge in [-0.3, -0.25) is 4.79 Å². The Balaban J connectivity index is 1.88. The average Bonchev–Trinajstić information content (AvgIpc) is 3.02. The van der Waals surface area contributed by atoms with Crippen LogP contribution in [0.25, 0.3) is 0 Å². The Bertz CT molecular complexity index is 579. The van der Waals surface area contributed by atoms with Crippen LogP contribution in [0.15, 0.2) is 30.3 Å². The van der Waals surface area contributed by atoms with Crippen LogP contribution in [0.3, 0.4) is 0 Å². The van der Waals surface area contributed by atoms with E-state index < -0.39 is 0 Å². The van der Waals surface area contributed by atoms with Crippen LogP contribution in [0.4, 0.5) is 4.79 Å². The highest BCUT2D eigenvalue weighted by molar-refractivity contribution is 5.84. The van der Waals surface area contributed by atoms with Gasteiger partial charge in [0.15, 0.2) is 5.78 Å². The molecule has 5 nitrogen and oxygen atoms in total. The van der Waals surface area contributed by atoms with Crippen molar-refractivity contribution in [3.8, 4) is 0 Å². The molecule has 2 atom stereocenters. The first-order valence-electron chi connectivity index (χ1n) is 8.92. The molecule has 138 valence electrons. The second-order valence-corrected chi connectivity index (χ2v) is 7.59. The molecule has 1 saturated heterocycles. The van der Waals surface area contributed by atoms with Crippen LogP contribution >= 0.6 is 0 Å². The van der Waals surface area contributed by atoms with Crippen LogP contribution < -0.4 is 0 Å². The monoisotopic (exact) mass is 347 g/mol. The fourth-order valence-corrected chi connectivity index (χ4v) is 3.00. The summed E-state index contributed by atoms with van der Waals surface area (Å²) in [6.45, 7) is 9.16. The largest absolute Gasteiger partial charge is 0.445 e. The molecule has 1 aromatic rings. The molecule has 0 spiro atoms. The maximum atomic E-state index is 12.5. The summed E-state index contributed by atoms with van der Waals surface area (Å²) >= 11 is 0. The molecule has 25 heavy (non-hydrogen) atoms.